The van der Waals surface area contributed by atoms with Crippen LogP contribution in [0, 0.1) is 0 Å². The van der Waals surface area contributed by atoms with Crippen LogP contribution in [0.2, 0.25) is 0 Å². The number of carbonyl (C=O) groups excluding carboxylic acids is 1. The van der Waals surface area contributed by atoms with E-state index in [1.807, 2.05) is 13.0 Å². The van der Waals surface area contributed by atoms with Gasteiger partial charge >= 0.3 is 0 Å². The maximum absolute atomic E-state index is 11.7. The molecule has 0 bridgehead atoms. The highest BCUT2D eigenvalue weighted by molar-refractivity contribution is 5.77. The second kappa shape index (κ2) is 8.02. The van der Waals surface area contributed by atoms with Crippen LogP contribution in [0.15, 0.2) is 30.3 Å². The fourth-order valence-corrected chi connectivity index (χ4v) is 2.64. The van der Waals surface area contributed by atoms with Crippen LogP contribution in [0.4, 0.5) is 0 Å². The molecular formula is C16H24N2O2. The van der Waals surface area contributed by atoms with E-state index in [-0.39, 0.29) is 18.6 Å². The second-order valence-electron chi connectivity index (χ2n) is 5.11. The number of hydrogen-bond acceptors (Lipinski definition) is 3. The molecule has 1 heterocycles. The van der Waals surface area contributed by atoms with E-state index in [0.29, 0.717) is 13.2 Å². The van der Waals surface area contributed by atoms with Crippen molar-refractivity contribution in [3.8, 4) is 0 Å². The molecule has 1 unspecified atom stereocenters. The largest absolute Gasteiger partial charge is 0.372 e. The summed E-state index contributed by atoms with van der Waals surface area (Å²) in [4.78, 5) is 14.2. The number of amides is 1. The van der Waals surface area contributed by atoms with Crippen molar-refractivity contribution < 1.29 is 9.53 Å². The predicted molar refractivity (Wildman–Crippen MR) is 79.5 cm³/mol. The molecule has 1 aliphatic heterocycles. The molecule has 1 aliphatic rings. The van der Waals surface area contributed by atoms with Crippen molar-refractivity contribution >= 4 is 5.91 Å². The fourth-order valence-electron chi connectivity index (χ4n) is 2.64. The molecule has 2 rings (SSSR count). The molecule has 1 fully saturated rings. The monoisotopic (exact) mass is 276 g/mol. The van der Waals surface area contributed by atoms with Gasteiger partial charge in [0.1, 0.15) is 6.61 Å². The zero-order valence-electron chi connectivity index (χ0n) is 12.2. The smallest absolute Gasteiger partial charge is 0.246 e. The van der Waals surface area contributed by atoms with Crippen molar-refractivity contribution in [3.05, 3.63) is 35.9 Å². The molecule has 110 valence electrons. The van der Waals surface area contributed by atoms with Crippen LogP contribution in [0.3, 0.4) is 0 Å². The number of benzene rings is 1. The third-order valence-electron chi connectivity index (χ3n) is 3.70. The summed E-state index contributed by atoms with van der Waals surface area (Å²) in [5, 5.41) is 2.99. The highest BCUT2D eigenvalue weighted by atomic mass is 16.5. The Kier molecular flexibility index (Phi) is 6.02. The van der Waals surface area contributed by atoms with Crippen LogP contribution in [-0.2, 0) is 9.53 Å². The van der Waals surface area contributed by atoms with Crippen LogP contribution in [-0.4, -0.2) is 43.7 Å². The molecule has 4 heteroatoms. The van der Waals surface area contributed by atoms with Gasteiger partial charge in [0, 0.05) is 13.2 Å². The number of rotatable bonds is 7. The van der Waals surface area contributed by atoms with Gasteiger partial charge in [-0.25, -0.2) is 0 Å². The van der Waals surface area contributed by atoms with Gasteiger partial charge in [-0.1, -0.05) is 30.3 Å². The predicted octanol–water partition coefficient (Wildman–Crippen LogP) is 1.98. The highest BCUT2D eigenvalue weighted by Crippen LogP contribution is 2.24. The number of nitrogens with one attached hydrogen (secondary N) is 1. The molecule has 1 amide bonds. The van der Waals surface area contributed by atoms with Gasteiger partial charge in [-0.15, -0.1) is 0 Å². The number of ether oxygens (including phenoxy) is 1. The molecule has 1 N–H and O–H groups in total. The van der Waals surface area contributed by atoms with Crippen molar-refractivity contribution in [2.24, 2.45) is 0 Å². The molecule has 1 aromatic rings. The zero-order valence-corrected chi connectivity index (χ0v) is 12.2. The lowest BCUT2D eigenvalue weighted by molar-refractivity contribution is -0.125. The van der Waals surface area contributed by atoms with E-state index in [0.717, 1.165) is 13.1 Å². The van der Waals surface area contributed by atoms with Gasteiger partial charge in [-0.3, -0.25) is 9.69 Å². The Bertz CT molecular complexity index is 402. The lowest BCUT2D eigenvalue weighted by Crippen LogP contribution is -2.38. The van der Waals surface area contributed by atoms with Crippen molar-refractivity contribution in [2.45, 2.75) is 25.8 Å². The third-order valence-corrected chi connectivity index (χ3v) is 3.70. The molecule has 1 atom stereocenters. The van der Waals surface area contributed by atoms with E-state index >= 15 is 0 Å². The first-order valence-corrected chi connectivity index (χ1v) is 7.44. The standard InChI is InChI=1S/C16H24N2O2/c1-2-20-13-16(19)17-12-15(18-10-6-7-11-18)14-8-4-3-5-9-14/h3-5,8-9,15H,2,6-7,10-13H2,1H3,(H,17,19). The van der Waals surface area contributed by atoms with Crippen molar-refractivity contribution in [3.63, 3.8) is 0 Å². The van der Waals surface area contributed by atoms with Gasteiger partial charge in [-0.2, -0.15) is 0 Å². The Morgan fingerprint density at radius 1 is 1.30 bits per heavy atom. The Morgan fingerprint density at radius 2 is 2.00 bits per heavy atom. The summed E-state index contributed by atoms with van der Waals surface area (Å²) in [6.07, 6.45) is 2.49. The Labute approximate surface area is 121 Å². The van der Waals surface area contributed by atoms with Gasteiger partial charge in [0.2, 0.25) is 5.91 Å². The molecule has 0 aliphatic carbocycles. The molecule has 0 saturated carbocycles. The lowest BCUT2D eigenvalue weighted by atomic mass is 10.1. The second-order valence-corrected chi connectivity index (χ2v) is 5.11. The van der Waals surface area contributed by atoms with Gasteiger partial charge in [0.15, 0.2) is 0 Å². The first-order valence-electron chi connectivity index (χ1n) is 7.44. The summed E-state index contributed by atoms with van der Waals surface area (Å²) in [6, 6.07) is 10.7. The molecule has 1 aromatic carbocycles. The Balaban J connectivity index is 1.95. The van der Waals surface area contributed by atoms with E-state index in [4.69, 9.17) is 4.74 Å². The molecule has 4 nitrogen and oxygen atoms in total. The Morgan fingerprint density at radius 3 is 2.65 bits per heavy atom. The quantitative estimate of drug-likeness (QED) is 0.828. The first-order chi connectivity index (χ1) is 9.81. The normalized spacial score (nSPS) is 17.1. The lowest BCUT2D eigenvalue weighted by Gasteiger charge is -2.28. The molecular weight excluding hydrogens is 252 g/mol. The van der Waals surface area contributed by atoms with Gasteiger partial charge in [0.25, 0.3) is 0 Å². The van der Waals surface area contributed by atoms with E-state index in [9.17, 15) is 4.79 Å². The Hall–Kier alpha value is -1.39. The summed E-state index contributed by atoms with van der Waals surface area (Å²) in [5.41, 5.74) is 1.27. The summed E-state index contributed by atoms with van der Waals surface area (Å²) in [7, 11) is 0. The van der Waals surface area contributed by atoms with Crippen LogP contribution in [0.25, 0.3) is 0 Å². The summed E-state index contributed by atoms with van der Waals surface area (Å²) in [5.74, 6) is -0.0352. The minimum absolute atomic E-state index is 0.0352. The van der Waals surface area contributed by atoms with E-state index in [1.54, 1.807) is 0 Å². The fraction of sp³-hybridized carbons (Fsp3) is 0.562. The molecule has 0 spiro atoms. The zero-order chi connectivity index (χ0) is 14.2. The topological polar surface area (TPSA) is 41.6 Å². The van der Waals surface area contributed by atoms with Crippen LogP contribution in [0.5, 0.6) is 0 Å². The number of likely N-dealkylation sites (tertiary alicyclic amines) is 1. The van der Waals surface area contributed by atoms with Gasteiger partial charge < -0.3 is 10.1 Å². The molecule has 0 aromatic heterocycles. The molecule has 20 heavy (non-hydrogen) atoms. The van der Waals surface area contributed by atoms with Crippen LogP contribution in [0.1, 0.15) is 31.4 Å². The van der Waals surface area contributed by atoms with Gasteiger partial charge in [0.05, 0.1) is 6.04 Å². The van der Waals surface area contributed by atoms with Crippen molar-refractivity contribution in [2.75, 3.05) is 32.8 Å². The summed E-state index contributed by atoms with van der Waals surface area (Å²) < 4.78 is 5.13. The summed E-state index contributed by atoms with van der Waals surface area (Å²) >= 11 is 0. The minimum atomic E-state index is -0.0352. The third kappa shape index (κ3) is 4.32. The average molecular weight is 276 g/mol. The SMILES string of the molecule is CCOCC(=O)NCC(c1ccccc1)N1CCCC1. The van der Waals surface area contributed by atoms with E-state index < -0.39 is 0 Å². The van der Waals surface area contributed by atoms with Crippen molar-refractivity contribution in [1.29, 1.82) is 0 Å². The minimum Gasteiger partial charge on any atom is -0.372 e. The number of nitrogens with zero attached hydrogens (tertiary/aromatic N) is 1. The van der Waals surface area contributed by atoms with E-state index in [2.05, 4.69) is 34.5 Å². The first kappa shape index (κ1) is 15.0. The van der Waals surface area contributed by atoms with Crippen LogP contribution < -0.4 is 5.32 Å². The maximum Gasteiger partial charge on any atom is 0.246 e. The van der Waals surface area contributed by atoms with Crippen molar-refractivity contribution in [1.82, 2.24) is 10.2 Å². The highest BCUT2D eigenvalue weighted by Gasteiger charge is 2.23. The molecule has 0 radical (unpaired) electrons. The number of hydrogen-bond donors (Lipinski definition) is 1. The maximum atomic E-state index is 11.7. The summed E-state index contributed by atoms with van der Waals surface area (Å²) in [6.45, 7) is 5.49. The average Bonchev–Trinajstić information content (AvgIpc) is 3.00. The molecule has 1 saturated heterocycles. The number of carbonyl (C=O) groups is 1. The van der Waals surface area contributed by atoms with Crippen LogP contribution >= 0.6 is 0 Å². The van der Waals surface area contributed by atoms with Gasteiger partial charge in [-0.05, 0) is 38.4 Å². The van der Waals surface area contributed by atoms with E-state index in [1.165, 1.54) is 18.4 Å².